The maximum Gasteiger partial charge on any atom is 0.189 e. The smallest absolute Gasteiger partial charge is 0.189 e. The summed E-state index contributed by atoms with van der Waals surface area (Å²) in [7, 11) is 1.64. The minimum absolute atomic E-state index is 0. The molecule has 1 unspecified atom stereocenters. The van der Waals surface area contributed by atoms with Crippen molar-refractivity contribution in [2.45, 2.75) is 19.5 Å². The minimum Gasteiger partial charge on any atom is -0.383 e. The van der Waals surface area contributed by atoms with Gasteiger partial charge in [-0.15, -0.1) is 24.0 Å². The maximum atomic E-state index is 8.78. The molecule has 0 saturated carbocycles. The number of nitrogens with zero attached hydrogens (tertiary/aromatic N) is 2. The molecular weight excluding hydrogens is 355 g/mol. The lowest BCUT2D eigenvalue weighted by molar-refractivity contribution is 0.179. The first-order chi connectivity index (χ1) is 8.65. The number of nitriles is 1. The van der Waals surface area contributed by atoms with Gasteiger partial charge in [0.1, 0.15) is 0 Å². The average molecular weight is 374 g/mol. The summed E-state index contributed by atoms with van der Waals surface area (Å²) in [5.74, 6) is 0.377. The van der Waals surface area contributed by atoms with Gasteiger partial charge in [-0.3, -0.25) is 0 Å². The van der Waals surface area contributed by atoms with Crippen molar-refractivity contribution < 1.29 is 4.74 Å². The molecule has 1 atom stereocenters. The zero-order chi connectivity index (χ0) is 13.4. The molecule has 19 heavy (non-hydrogen) atoms. The van der Waals surface area contributed by atoms with Gasteiger partial charge in [0.2, 0.25) is 0 Å². The number of halogens is 1. The molecule has 5 nitrogen and oxygen atoms in total. The molecule has 0 bridgehead atoms. The number of methoxy groups -OCH3 is 1. The highest BCUT2D eigenvalue weighted by atomic mass is 127. The van der Waals surface area contributed by atoms with E-state index in [0.29, 0.717) is 24.7 Å². The lowest BCUT2D eigenvalue weighted by atomic mass is 10.1. The second kappa shape index (κ2) is 9.58. The van der Waals surface area contributed by atoms with E-state index in [1.807, 2.05) is 19.1 Å². The van der Waals surface area contributed by atoms with Crippen LogP contribution in [0.1, 0.15) is 18.1 Å². The molecule has 1 aromatic rings. The standard InChI is InChI=1S/C13H18N4O.HI/c1-10(9-18-2)17-13(15)16-8-12-5-3-4-11(6-12)7-14;/h3-6,10H,8-9H2,1-2H3,(H3,15,16,17);1H. The van der Waals surface area contributed by atoms with Crippen molar-refractivity contribution >= 4 is 29.9 Å². The maximum absolute atomic E-state index is 8.78. The van der Waals surface area contributed by atoms with Gasteiger partial charge >= 0.3 is 0 Å². The van der Waals surface area contributed by atoms with Gasteiger partial charge in [0.25, 0.3) is 0 Å². The normalized spacial score (nSPS) is 12.2. The summed E-state index contributed by atoms with van der Waals surface area (Å²) in [6, 6.07) is 9.51. The molecule has 0 aliphatic heterocycles. The minimum atomic E-state index is 0. The number of rotatable bonds is 5. The van der Waals surface area contributed by atoms with E-state index < -0.39 is 0 Å². The Hall–Kier alpha value is -1.33. The molecule has 104 valence electrons. The molecule has 0 aromatic heterocycles. The third-order valence-corrected chi connectivity index (χ3v) is 2.30. The Morgan fingerprint density at radius 1 is 1.58 bits per heavy atom. The first-order valence-corrected chi connectivity index (χ1v) is 5.70. The molecular formula is C13H19IN4O. The van der Waals surface area contributed by atoms with E-state index in [1.165, 1.54) is 0 Å². The van der Waals surface area contributed by atoms with Crippen molar-refractivity contribution in [2.24, 2.45) is 10.7 Å². The first-order valence-electron chi connectivity index (χ1n) is 5.70. The molecule has 0 heterocycles. The van der Waals surface area contributed by atoms with Crippen molar-refractivity contribution in [3.05, 3.63) is 35.4 Å². The lowest BCUT2D eigenvalue weighted by Gasteiger charge is -2.13. The molecule has 0 amide bonds. The predicted molar refractivity (Wildman–Crippen MR) is 86.4 cm³/mol. The van der Waals surface area contributed by atoms with Gasteiger partial charge in [-0.1, -0.05) is 12.1 Å². The van der Waals surface area contributed by atoms with Crippen LogP contribution in [0, 0.1) is 11.3 Å². The van der Waals surface area contributed by atoms with Gasteiger partial charge in [0, 0.05) is 13.2 Å². The number of hydrogen-bond acceptors (Lipinski definition) is 3. The lowest BCUT2D eigenvalue weighted by Crippen LogP contribution is -2.40. The summed E-state index contributed by atoms with van der Waals surface area (Å²) in [6.45, 7) is 2.98. The second-order valence-corrected chi connectivity index (χ2v) is 4.01. The third kappa shape index (κ3) is 6.98. The van der Waals surface area contributed by atoms with Crippen molar-refractivity contribution in [1.29, 1.82) is 5.26 Å². The molecule has 3 N–H and O–H groups in total. The van der Waals surface area contributed by atoms with E-state index in [9.17, 15) is 0 Å². The molecule has 0 fully saturated rings. The molecule has 0 radical (unpaired) electrons. The number of nitrogens with two attached hydrogens (primary N) is 1. The van der Waals surface area contributed by atoms with Crippen LogP contribution in [-0.4, -0.2) is 25.7 Å². The fraction of sp³-hybridized carbons (Fsp3) is 0.385. The number of nitrogens with one attached hydrogen (secondary N) is 1. The van der Waals surface area contributed by atoms with Crippen molar-refractivity contribution in [3.8, 4) is 6.07 Å². The van der Waals surface area contributed by atoms with Crippen LogP contribution in [0.25, 0.3) is 0 Å². The summed E-state index contributed by atoms with van der Waals surface area (Å²) in [5.41, 5.74) is 7.33. The summed E-state index contributed by atoms with van der Waals surface area (Å²) in [5, 5.41) is 11.8. The highest BCUT2D eigenvalue weighted by Gasteiger charge is 2.01. The van der Waals surface area contributed by atoms with Gasteiger partial charge in [-0.2, -0.15) is 5.26 Å². The van der Waals surface area contributed by atoms with Crippen molar-refractivity contribution in [3.63, 3.8) is 0 Å². The molecule has 0 aliphatic carbocycles. The zero-order valence-corrected chi connectivity index (χ0v) is 13.4. The third-order valence-electron chi connectivity index (χ3n) is 2.30. The van der Waals surface area contributed by atoms with Gasteiger partial charge < -0.3 is 15.8 Å². The Balaban J connectivity index is 0.00000324. The molecule has 0 saturated heterocycles. The van der Waals surface area contributed by atoms with Crippen LogP contribution in [-0.2, 0) is 11.3 Å². The van der Waals surface area contributed by atoms with E-state index in [0.717, 1.165) is 5.56 Å². The molecule has 1 aromatic carbocycles. The molecule has 0 aliphatic rings. The van der Waals surface area contributed by atoms with E-state index in [4.69, 9.17) is 15.7 Å². The van der Waals surface area contributed by atoms with Crippen LogP contribution in [0.2, 0.25) is 0 Å². The fourth-order valence-electron chi connectivity index (χ4n) is 1.51. The predicted octanol–water partition coefficient (Wildman–Crippen LogP) is 1.62. The van der Waals surface area contributed by atoms with Crippen LogP contribution >= 0.6 is 24.0 Å². The van der Waals surface area contributed by atoms with Crippen molar-refractivity contribution in [1.82, 2.24) is 5.32 Å². The van der Waals surface area contributed by atoms with Crippen LogP contribution in [0.3, 0.4) is 0 Å². The SMILES string of the molecule is COCC(C)NC(N)=NCc1cccc(C#N)c1.I. The Kier molecular flexibility index (Phi) is 8.91. The van der Waals surface area contributed by atoms with Crippen LogP contribution in [0.15, 0.2) is 29.3 Å². The fourth-order valence-corrected chi connectivity index (χ4v) is 1.51. The zero-order valence-electron chi connectivity index (χ0n) is 11.1. The number of ether oxygens (including phenoxy) is 1. The van der Waals surface area contributed by atoms with E-state index >= 15 is 0 Å². The van der Waals surface area contributed by atoms with Crippen LogP contribution in [0.4, 0.5) is 0 Å². The average Bonchev–Trinajstić information content (AvgIpc) is 2.37. The van der Waals surface area contributed by atoms with Crippen LogP contribution in [0.5, 0.6) is 0 Å². The quantitative estimate of drug-likeness (QED) is 0.466. The Labute approximate surface area is 130 Å². The highest BCUT2D eigenvalue weighted by molar-refractivity contribution is 14.0. The second-order valence-electron chi connectivity index (χ2n) is 4.01. The number of benzene rings is 1. The van der Waals surface area contributed by atoms with E-state index in [2.05, 4.69) is 16.4 Å². The number of hydrogen-bond donors (Lipinski definition) is 2. The molecule has 0 spiro atoms. The summed E-state index contributed by atoms with van der Waals surface area (Å²) >= 11 is 0. The molecule has 1 rings (SSSR count). The number of aliphatic imine (C=N–C) groups is 1. The molecule has 6 heteroatoms. The number of guanidine groups is 1. The Bertz CT molecular complexity index is 456. The Morgan fingerprint density at radius 3 is 2.95 bits per heavy atom. The van der Waals surface area contributed by atoms with Gasteiger partial charge in [-0.25, -0.2) is 4.99 Å². The Morgan fingerprint density at radius 2 is 2.32 bits per heavy atom. The van der Waals surface area contributed by atoms with Gasteiger partial charge in [0.05, 0.1) is 24.8 Å². The van der Waals surface area contributed by atoms with Crippen LogP contribution < -0.4 is 11.1 Å². The summed E-state index contributed by atoms with van der Waals surface area (Å²) in [6.07, 6.45) is 0. The van der Waals surface area contributed by atoms with Gasteiger partial charge in [0.15, 0.2) is 5.96 Å². The largest absolute Gasteiger partial charge is 0.383 e. The highest BCUT2D eigenvalue weighted by Crippen LogP contribution is 2.05. The topological polar surface area (TPSA) is 83.4 Å². The summed E-state index contributed by atoms with van der Waals surface area (Å²) < 4.78 is 4.99. The first kappa shape index (κ1) is 17.7. The van der Waals surface area contributed by atoms with E-state index in [-0.39, 0.29) is 30.0 Å². The van der Waals surface area contributed by atoms with Gasteiger partial charge in [-0.05, 0) is 24.6 Å². The van der Waals surface area contributed by atoms with Crippen molar-refractivity contribution in [2.75, 3.05) is 13.7 Å². The van der Waals surface area contributed by atoms with E-state index in [1.54, 1.807) is 19.2 Å². The monoisotopic (exact) mass is 374 g/mol. The summed E-state index contributed by atoms with van der Waals surface area (Å²) in [4.78, 5) is 4.21.